The fourth-order valence-electron chi connectivity index (χ4n) is 0.0967. The second-order valence-corrected chi connectivity index (χ2v) is 0.840. The largest absolute Gasteiger partial charge is 0.547 e. The Balaban J connectivity index is 3.14. The lowest BCUT2D eigenvalue weighted by atomic mass is 11.7. The van der Waals surface area contributed by atoms with Gasteiger partial charge >= 0.3 is 0 Å². The van der Waals surface area contributed by atoms with E-state index >= 15 is 0 Å². The van der Waals surface area contributed by atoms with Gasteiger partial charge in [-0.2, -0.15) is 10.0 Å². The van der Waals surface area contributed by atoms with Crippen molar-refractivity contribution < 1.29 is 20.7 Å². The highest BCUT2D eigenvalue weighted by Crippen LogP contribution is 1.23. The fourth-order valence-corrected chi connectivity index (χ4v) is 0.0967. The molecule has 0 heterocycles. The Morgan fingerprint density at radius 3 is 2.29 bits per heavy atom. The minimum absolute atomic E-state index is 1.01. The van der Waals surface area contributed by atoms with E-state index in [1.807, 2.05) is 0 Å². The van der Waals surface area contributed by atoms with Crippen LogP contribution in [0.25, 0.3) is 5.84 Å². The first-order valence-electron chi connectivity index (χ1n) is 1.54. The summed E-state index contributed by atoms with van der Waals surface area (Å²) in [5.41, 5.74) is 0. The van der Waals surface area contributed by atoms with E-state index in [4.69, 9.17) is 11.0 Å². The van der Waals surface area contributed by atoms with Crippen molar-refractivity contribution in [2.24, 2.45) is 0 Å². The van der Waals surface area contributed by atoms with E-state index in [-0.39, 0.29) is 0 Å². The first kappa shape index (κ1) is 6.76. The monoisotopic (exact) mass is 109 g/mol. The second kappa shape index (κ2) is 2.86. The lowest BCUT2D eigenvalue weighted by Gasteiger charge is -2.20. The van der Waals surface area contributed by atoms with Crippen LogP contribution in [0.4, 0.5) is 0 Å². The Kier molecular flexibility index (Phi) is 2.76. The van der Waals surface area contributed by atoms with Crippen molar-refractivity contribution in [3.05, 3.63) is 11.0 Å². The van der Waals surface area contributed by atoms with E-state index in [2.05, 4.69) is 4.84 Å². The number of hydrogen-bond acceptors (Lipinski definition) is 3. The molecular formula is CH7N3O3. The van der Waals surface area contributed by atoms with Gasteiger partial charge < -0.3 is 11.0 Å². The Labute approximate surface area is 40.1 Å². The van der Waals surface area contributed by atoms with Gasteiger partial charge in [-0.25, -0.2) is 0 Å². The smallest absolute Gasteiger partial charge is 0.103 e. The third-order valence-corrected chi connectivity index (χ3v) is 0.379. The third kappa shape index (κ3) is 2.45. The summed E-state index contributed by atoms with van der Waals surface area (Å²) in [7, 11) is 1.09. The minimum Gasteiger partial charge on any atom is -0.547 e. The molecule has 2 atom stereocenters. The summed E-state index contributed by atoms with van der Waals surface area (Å²) in [6.07, 6.45) is 0. The van der Waals surface area contributed by atoms with Gasteiger partial charge in [0.15, 0.2) is 0 Å². The molecule has 6 heteroatoms. The van der Waals surface area contributed by atoms with Crippen molar-refractivity contribution in [3.63, 3.8) is 0 Å². The molecule has 6 nitrogen and oxygen atoms in total. The molecule has 0 saturated carbocycles. The normalized spacial score (nSPS) is 18.9. The summed E-state index contributed by atoms with van der Waals surface area (Å²) in [4.78, 5) is 3.90. The summed E-state index contributed by atoms with van der Waals surface area (Å²) in [5, 5.41) is 15.7. The molecule has 0 aromatic heterocycles. The summed E-state index contributed by atoms with van der Waals surface area (Å²) in [6, 6.07) is 0. The molecular weight excluding hydrogens is 102 g/mol. The molecule has 0 aliphatic heterocycles. The van der Waals surface area contributed by atoms with Crippen LogP contribution in [0.2, 0.25) is 0 Å². The van der Waals surface area contributed by atoms with Gasteiger partial charge in [0, 0.05) is 0 Å². The van der Waals surface area contributed by atoms with Gasteiger partial charge in [0.1, 0.15) is 7.11 Å². The van der Waals surface area contributed by atoms with E-state index in [1.165, 1.54) is 0 Å². The van der Waals surface area contributed by atoms with Crippen LogP contribution in [-0.4, -0.2) is 12.3 Å². The lowest BCUT2D eigenvalue weighted by Crippen LogP contribution is -3.53. The first-order chi connectivity index (χ1) is 3.18. The average Bonchev–Trinajstić information content (AvgIpc) is 1.65. The molecule has 0 rings (SSSR count). The highest BCUT2D eigenvalue weighted by atomic mass is 17.0. The number of hydrogen-bond donors (Lipinski definition) is 3. The Morgan fingerprint density at radius 1 is 1.86 bits per heavy atom. The van der Waals surface area contributed by atoms with Crippen molar-refractivity contribution in [2.45, 2.75) is 0 Å². The summed E-state index contributed by atoms with van der Waals surface area (Å²) in [6.45, 7) is 0. The average molecular weight is 109 g/mol. The first-order valence-corrected chi connectivity index (χ1v) is 1.54. The highest BCUT2D eigenvalue weighted by Gasteiger charge is 1.92. The van der Waals surface area contributed by atoms with Gasteiger partial charge in [-0.3, -0.25) is 0 Å². The maximum absolute atomic E-state index is 9.81. The molecule has 0 bridgehead atoms. The summed E-state index contributed by atoms with van der Waals surface area (Å²) in [5.74, 6) is 6.18. The van der Waals surface area contributed by atoms with Gasteiger partial charge in [-0.15, -0.1) is 0 Å². The predicted octanol–water partition coefficient (Wildman–Crippen LogP) is -2.91. The van der Waals surface area contributed by atoms with Gasteiger partial charge in [0.2, 0.25) is 0 Å². The topological polar surface area (TPSA) is 85.2 Å². The molecule has 0 aliphatic rings. The zero-order valence-corrected chi connectivity index (χ0v) is 3.76. The van der Waals surface area contributed by atoms with Crippen LogP contribution >= 0.6 is 0 Å². The molecule has 0 aromatic rings. The minimum atomic E-state index is -1.07. The molecule has 7 heavy (non-hydrogen) atoms. The molecule has 0 aromatic carbocycles. The summed E-state index contributed by atoms with van der Waals surface area (Å²) >= 11 is 0. The lowest BCUT2D eigenvalue weighted by molar-refractivity contribution is -1.61. The van der Waals surface area contributed by atoms with Crippen molar-refractivity contribution in [1.29, 1.82) is 0 Å². The third-order valence-electron chi connectivity index (χ3n) is 0.379. The van der Waals surface area contributed by atoms with E-state index in [1.54, 1.807) is 0 Å². The second-order valence-electron chi connectivity index (χ2n) is 0.840. The number of nitrogens with one attached hydrogen (secondary N) is 3. The molecule has 0 saturated heterocycles. The van der Waals surface area contributed by atoms with Crippen molar-refractivity contribution >= 4 is 0 Å². The van der Waals surface area contributed by atoms with Gasteiger partial charge in [0.25, 0.3) is 0 Å². The van der Waals surface area contributed by atoms with E-state index in [0.717, 1.165) is 7.11 Å². The van der Waals surface area contributed by atoms with Gasteiger partial charge in [0.05, 0.1) is 0 Å². The highest BCUT2D eigenvalue weighted by molar-refractivity contribution is 3.80. The van der Waals surface area contributed by atoms with Crippen LogP contribution in [0.3, 0.4) is 0 Å². The molecule has 4 N–H and O–H groups in total. The fraction of sp³-hybridized carbons (Fsp3) is 1.00. The van der Waals surface area contributed by atoms with Crippen LogP contribution in [0.5, 0.6) is 0 Å². The van der Waals surface area contributed by atoms with Crippen molar-refractivity contribution in [3.8, 4) is 0 Å². The van der Waals surface area contributed by atoms with Crippen LogP contribution in [0.1, 0.15) is 0 Å². The SMILES string of the molecule is CO[NH+]([O-])[NH+]([NH-])O. The molecule has 0 spiro atoms. The maximum Gasteiger partial charge on any atom is 0.103 e. The van der Waals surface area contributed by atoms with Crippen LogP contribution in [-0.2, 0) is 4.84 Å². The predicted molar refractivity (Wildman–Crippen MR) is 18.4 cm³/mol. The molecule has 0 aliphatic carbocycles. The molecule has 44 valence electrons. The Morgan fingerprint density at radius 2 is 2.29 bits per heavy atom. The Bertz CT molecular complexity index is 47.4. The van der Waals surface area contributed by atoms with Gasteiger partial charge in [-0.1, -0.05) is 10.6 Å². The molecule has 2 unspecified atom stereocenters. The van der Waals surface area contributed by atoms with Crippen LogP contribution in [0.15, 0.2) is 0 Å². The Hall–Kier alpha value is -0.240. The maximum atomic E-state index is 9.81. The van der Waals surface area contributed by atoms with Crippen LogP contribution < -0.4 is 10.6 Å². The van der Waals surface area contributed by atoms with Gasteiger partial charge in [-0.05, 0) is 0 Å². The summed E-state index contributed by atoms with van der Waals surface area (Å²) < 4.78 is 0. The zero-order valence-electron chi connectivity index (χ0n) is 3.76. The molecule has 0 fully saturated rings. The van der Waals surface area contributed by atoms with E-state index in [0.29, 0.717) is 0 Å². The molecule has 0 radical (unpaired) electrons. The quantitative estimate of drug-likeness (QED) is 0.332. The van der Waals surface area contributed by atoms with E-state index in [9.17, 15) is 5.21 Å². The zero-order chi connectivity index (χ0) is 5.86. The van der Waals surface area contributed by atoms with E-state index < -0.39 is 10.6 Å². The number of quaternary nitrogens is 2. The van der Waals surface area contributed by atoms with Crippen molar-refractivity contribution in [2.75, 3.05) is 7.11 Å². The number of rotatable bonds is 2. The van der Waals surface area contributed by atoms with Crippen molar-refractivity contribution in [1.82, 2.24) is 0 Å². The standard InChI is InChI=1S/CH7N3O3/c1-7-4(6)3(2)5/h2-5H,1H3. The molecule has 0 amide bonds. The van der Waals surface area contributed by atoms with Crippen LogP contribution in [0, 0.1) is 5.21 Å².